The summed E-state index contributed by atoms with van der Waals surface area (Å²) in [5, 5.41) is 5.25. The van der Waals surface area contributed by atoms with Gasteiger partial charge in [-0.05, 0) is 82.2 Å². The third kappa shape index (κ3) is 7.29. The molecule has 0 fully saturated rings. The van der Waals surface area contributed by atoms with Crippen molar-refractivity contribution in [1.29, 1.82) is 0 Å². The third-order valence-electron chi connectivity index (χ3n) is 4.13. The van der Waals surface area contributed by atoms with Crippen LogP contribution in [0, 0.1) is 3.57 Å². The predicted molar refractivity (Wildman–Crippen MR) is 134 cm³/mol. The fourth-order valence-corrected chi connectivity index (χ4v) is 3.61. The Bertz CT molecular complexity index is 1090. The van der Waals surface area contributed by atoms with Crippen LogP contribution in [-0.4, -0.2) is 25.8 Å². The first-order valence-corrected chi connectivity index (χ1v) is 11.2. The molecule has 6 nitrogen and oxygen atoms in total. The number of amides is 1. The number of benzene rings is 3. The van der Waals surface area contributed by atoms with Gasteiger partial charge >= 0.3 is 0 Å². The van der Waals surface area contributed by atoms with Crippen molar-refractivity contribution in [1.82, 2.24) is 5.43 Å². The predicted octanol–water partition coefficient (Wildman–Crippen LogP) is 5.71. The zero-order valence-electron chi connectivity index (χ0n) is 17.0. The maximum absolute atomic E-state index is 11.9. The number of carbonyl (C=O) groups excluding carboxylic acids is 1. The van der Waals surface area contributed by atoms with E-state index in [2.05, 4.69) is 33.1 Å². The molecular formula is C23H19Cl2IN2O4. The smallest absolute Gasteiger partial charge is 0.277 e. The minimum Gasteiger partial charge on any atom is -0.493 e. The Hall–Kier alpha value is -2.49. The molecule has 1 amide bonds. The Labute approximate surface area is 209 Å². The largest absolute Gasteiger partial charge is 0.493 e. The van der Waals surface area contributed by atoms with Crippen LogP contribution < -0.4 is 19.6 Å². The van der Waals surface area contributed by atoms with E-state index in [0.717, 1.165) is 14.7 Å². The maximum Gasteiger partial charge on any atom is 0.277 e. The third-order valence-corrected chi connectivity index (χ3v) is 5.44. The average Bonchev–Trinajstić information content (AvgIpc) is 2.79. The monoisotopic (exact) mass is 584 g/mol. The normalized spacial score (nSPS) is 10.8. The molecule has 0 atom stereocenters. The van der Waals surface area contributed by atoms with Gasteiger partial charge in [-0.3, -0.25) is 4.79 Å². The minimum absolute atomic E-state index is 0.169. The number of methoxy groups -OCH3 is 1. The second-order valence-corrected chi connectivity index (χ2v) is 8.52. The van der Waals surface area contributed by atoms with E-state index in [-0.39, 0.29) is 12.5 Å². The van der Waals surface area contributed by atoms with Crippen LogP contribution in [0.2, 0.25) is 10.0 Å². The molecule has 166 valence electrons. The van der Waals surface area contributed by atoms with E-state index in [1.807, 2.05) is 30.3 Å². The molecule has 0 aliphatic rings. The molecule has 0 saturated heterocycles. The first-order chi connectivity index (χ1) is 15.4. The number of hydrogen-bond acceptors (Lipinski definition) is 5. The number of halogens is 3. The fourth-order valence-electron chi connectivity index (χ4n) is 2.58. The number of hydrogen-bond donors (Lipinski definition) is 1. The van der Waals surface area contributed by atoms with Crippen LogP contribution in [0.4, 0.5) is 0 Å². The molecule has 3 aromatic rings. The molecule has 0 aromatic heterocycles. The van der Waals surface area contributed by atoms with Crippen molar-refractivity contribution in [3.05, 3.63) is 85.4 Å². The van der Waals surface area contributed by atoms with Crippen LogP contribution in [-0.2, 0) is 11.4 Å². The molecule has 9 heteroatoms. The van der Waals surface area contributed by atoms with Gasteiger partial charge in [-0.25, -0.2) is 5.43 Å². The van der Waals surface area contributed by atoms with Crippen LogP contribution in [0.1, 0.15) is 11.1 Å². The molecule has 3 aromatic carbocycles. The summed E-state index contributed by atoms with van der Waals surface area (Å²) in [6.45, 7) is 0.206. The molecule has 0 spiro atoms. The Balaban J connectivity index is 1.57. The summed E-state index contributed by atoms with van der Waals surface area (Å²) in [5.74, 6) is 1.34. The van der Waals surface area contributed by atoms with Crippen LogP contribution >= 0.6 is 45.8 Å². The Morgan fingerprint density at radius 3 is 2.34 bits per heavy atom. The highest BCUT2D eigenvalue weighted by Crippen LogP contribution is 2.34. The lowest BCUT2D eigenvalue weighted by Gasteiger charge is -2.13. The summed E-state index contributed by atoms with van der Waals surface area (Å²) in [7, 11) is 1.57. The van der Waals surface area contributed by atoms with Gasteiger partial charge in [0.1, 0.15) is 12.4 Å². The van der Waals surface area contributed by atoms with Crippen molar-refractivity contribution < 1.29 is 19.0 Å². The summed E-state index contributed by atoms with van der Waals surface area (Å²) >= 11 is 13.9. The lowest BCUT2D eigenvalue weighted by molar-refractivity contribution is -0.123. The van der Waals surface area contributed by atoms with E-state index in [1.165, 1.54) is 6.21 Å². The number of rotatable bonds is 9. The van der Waals surface area contributed by atoms with Crippen molar-refractivity contribution in [2.24, 2.45) is 5.10 Å². The highest BCUT2D eigenvalue weighted by molar-refractivity contribution is 14.1. The molecule has 0 aliphatic carbocycles. The highest BCUT2D eigenvalue weighted by Gasteiger charge is 2.12. The van der Waals surface area contributed by atoms with Crippen molar-refractivity contribution in [3.63, 3.8) is 0 Å². The lowest BCUT2D eigenvalue weighted by atomic mass is 10.2. The Kier molecular flexibility index (Phi) is 9.01. The van der Waals surface area contributed by atoms with Crippen LogP contribution in [0.3, 0.4) is 0 Å². The minimum atomic E-state index is -0.388. The topological polar surface area (TPSA) is 69.2 Å². The first kappa shape index (κ1) is 24.2. The maximum atomic E-state index is 11.9. The molecule has 32 heavy (non-hydrogen) atoms. The molecule has 0 unspecified atom stereocenters. The summed E-state index contributed by atoms with van der Waals surface area (Å²) in [6, 6.07) is 17.8. The van der Waals surface area contributed by atoms with Gasteiger partial charge in [-0.1, -0.05) is 35.3 Å². The number of nitrogens with zero attached hydrogens (tertiary/aromatic N) is 1. The second-order valence-electron chi connectivity index (χ2n) is 6.49. The van der Waals surface area contributed by atoms with E-state index in [9.17, 15) is 4.79 Å². The van der Waals surface area contributed by atoms with Crippen LogP contribution in [0.5, 0.6) is 17.2 Å². The summed E-state index contributed by atoms with van der Waals surface area (Å²) < 4.78 is 17.6. The summed E-state index contributed by atoms with van der Waals surface area (Å²) in [6.07, 6.45) is 1.52. The van der Waals surface area contributed by atoms with Crippen LogP contribution in [0.15, 0.2) is 65.8 Å². The van der Waals surface area contributed by atoms with E-state index in [4.69, 9.17) is 37.4 Å². The SMILES string of the molecule is COc1cc(/C=N\NC(=O)COc2ccc(Cl)cc2)cc(I)c1OCc1ccc(Cl)cc1. The first-order valence-electron chi connectivity index (χ1n) is 9.39. The van der Waals surface area contributed by atoms with E-state index >= 15 is 0 Å². The second kappa shape index (κ2) is 11.9. The van der Waals surface area contributed by atoms with E-state index in [0.29, 0.717) is 33.9 Å². The zero-order valence-corrected chi connectivity index (χ0v) is 20.6. The highest BCUT2D eigenvalue weighted by atomic mass is 127. The van der Waals surface area contributed by atoms with Crippen molar-refractivity contribution in [3.8, 4) is 17.2 Å². The number of nitrogens with one attached hydrogen (secondary N) is 1. The van der Waals surface area contributed by atoms with E-state index < -0.39 is 0 Å². The van der Waals surface area contributed by atoms with Crippen LogP contribution in [0.25, 0.3) is 0 Å². The van der Waals surface area contributed by atoms with E-state index in [1.54, 1.807) is 37.4 Å². The summed E-state index contributed by atoms with van der Waals surface area (Å²) in [4.78, 5) is 11.9. The van der Waals surface area contributed by atoms with Gasteiger partial charge in [0, 0.05) is 10.0 Å². The molecule has 0 heterocycles. The lowest BCUT2D eigenvalue weighted by Crippen LogP contribution is -2.24. The zero-order chi connectivity index (χ0) is 22.9. The number of hydrazone groups is 1. The average molecular weight is 585 g/mol. The quantitative estimate of drug-likeness (QED) is 0.199. The van der Waals surface area contributed by atoms with Gasteiger partial charge in [-0.2, -0.15) is 5.10 Å². The van der Waals surface area contributed by atoms with Gasteiger partial charge in [0.05, 0.1) is 16.9 Å². The van der Waals surface area contributed by atoms with Gasteiger partial charge in [-0.15, -0.1) is 0 Å². The Morgan fingerprint density at radius 2 is 1.69 bits per heavy atom. The van der Waals surface area contributed by atoms with Gasteiger partial charge < -0.3 is 14.2 Å². The van der Waals surface area contributed by atoms with Gasteiger partial charge in [0.2, 0.25) is 0 Å². The van der Waals surface area contributed by atoms with Gasteiger partial charge in [0.25, 0.3) is 5.91 Å². The molecule has 0 saturated carbocycles. The molecule has 0 aliphatic heterocycles. The number of carbonyl (C=O) groups is 1. The standard InChI is InChI=1S/C23H19Cl2IN2O4/c1-30-21-11-16(10-20(26)23(21)32-13-15-2-4-17(24)5-3-15)12-27-28-22(29)14-31-19-8-6-18(25)7-9-19/h2-12H,13-14H2,1H3,(H,28,29)/b27-12-. The molecule has 1 N–H and O–H groups in total. The fraction of sp³-hybridized carbons (Fsp3) is 0.130. The van der Waals surface area contributed by atoms with Crippen molar-refractivity contribution in [2.75, 3.05) is 13.7 Å². The summed E-state index contributed by atoms with van der Waals surface area (Å²) in [5.41, 5.74) is 4.16. The number of ether oxygens (including phenoxy) is 3. The van der Waals surface area contributed by atoms with Crippen molar-refractivity contribution in [2.45, 2.75) is 6.61 Å². The Morgan fingerprint density at radius 1 is 1.03 bits per heavy atom. The molecule has 3 rings (SSSR count). The van der Waals surface area contributed by atoms with Gasteiger partial charge in [0.15, 0.2) is 18.1 Å². The molecule has 0 bridgehead atoms. The molecular weight excluding hydrogens is 566 g/mol. The van der Waals surface area contributed by atoms with Crippen molar-refractivity contribution >= 4 is 57.9 Å². The molecule has 0 radical (unpaired) electrons.